The summed E-state index contributed by atoms with van der Waals surface area (Å²) in [7, 11) is 0. The van der Waals surface area contributed by atoms with Gasteiger partial charge in [0.2, 0.25) is 0 Å². The first-order chi connectivity index (χ1) is 4.34. The molecule has 0 radical (unpaired) electrons. The van der Waals surface area contributed by atoms with Crippen LogP contribution in [-0.4, -0.2) is 4.57 Å². The number of rotatable bonds is 2. The number of hydrogen-bond donors (Lipinski definition) is 0. The van der Waals surface area contributed by atoms with Gasteiger partial charge in [0.1, 0.15) is 0 Å². The predicted molar refractivity (Wildman–Crippen MR) is 34.8 cm³/mol. The molecule has 0 saturated carbocycles. The maximum absolute atomic E-state index is 12.5. The van der Waals surface area contributed by atoms with Gasteiger partial charge in [0.25, 0.3) is 0 Å². The molecule has 0 spiro atoms. The maximum atomic E-state index is 12.5. The SMILES string of the molecule is C=CC(F)n1cccc1. The zero-order chi connectivity index (χ0) is 6.69. The van der Waals surface area contributed by atoms with Crippen molar-refractivity contribution >= 4 is 0 Å². The van der Waals surface area contributed by atoms with Gasteiger partial charge in [-0.05, 0) is 18.2 Å². The number of alkyl halides is 1. The summed E-state index contributed by atoms with van der Waals surface area (Å²) in [6, 6.07) is 3.55. The highest BCUT2D eigenvalue weighted by molar-refractivity contribution is 4.94. The summed E-state index contributed by atoms with van der Waals surface area (Å²) in [5.74, 6) is 0. The van der Waals surface area contributed by atoms with Crippen molar-refractivity contribution < 1.29 is 4.39 Å². The topological polar surface area (TPSA) is 4.93 Å². The van der Waals surface area contributed by atoms with Crippen LogP contribution in [0.2, 0.25) is 0 Å². The van der Waals surface area contributed by atoms with E-state index in [2.05, 4.69) is 6.58 Å². The molecule has 0 aliphatic carbocycles. The average Bonchev–Trinajstić information content (AvgIpc) is 2.37. The lowest BCUT2D eigenvalue weighted by molar-refractivity contribution is 0.308. The Balaban J connectivity index is 2.76. The molecule has 1 unspecified atom stereocenters. The zero-order valence-corrected chi connectivity index (χ0v) is 5.00. The van der Waals surface area contributed by atoms with Crippen LogP contribution in [0.5, 0.6) is 0 Å². The number of hydrogen-bond acceptors (Lipinski definition) is 0. The quantitative estimate of drug-likeness (QED) is 0.533. The molecule has 1 heterocycles. The highest BCUT2D eigenvalue weighted by Crippen LogP contribution is 2.07. The second-order valence-corrected chi connectivity index (χ2v) is 1.74. The minimum atomic E-state index is -1.08. The second-order valence-electron chi connectivity index (χ2n) is 1.74. The van der Waals surface area contributed by atoms with Crippen LogP contribution >= 0.6 is 0 Å². The summed E-state index contributed by atoms with van der Waals surface area (Å²) in [4.78, 5) is 0. The molecule has 1 nitrogen and oxygen atoms in total. The van der Waals surface area contributed by atoms with E-state index in [4.69, 9.17) is 0 Å². The van der Waals surface area contributed by atoms with Gasteiger partial charge in [0.15, 0.2) is 6.30 Å². The van der Waals surface area contributed by atoms with Crippen molar-refractivity contribution in [3.8, 4) is 0 Å². The third-order valence-corrected chi connectivity index (χ3v) is 1.11. The van der Waals surface area contributed by atoms with Crippen molar-refractivity contribution in [2.75, 3.05) is 0 Å². The predicted octanol–water partition coefficient (Wildman–Crippen LogP) is 2.14. The number of halogens is 1. The van der Waals surface area contributed by atoms with Gasteiger partial charge in [-0.1, -0.05) is 6.58 Å². The molecule has 0 aliphatic rings. The van der Waals surface area contributed by atoms with Crippen molar-refractivity contribution in [3.05, 3.63) is 37.2 Å². The molecule has 2 heteroatoms. The molecule has 0 aromatic carbocycles. The van der Waals surface area contributed by atoms with Gasteiger partial charge < -0.3 is 4.57 Å². The molecule has 0 amide bonds. The number of aromatic nitrogens is 1. The Morgan fingerprint density at radius 1 is 1.44 bits per heavy atom. The molecule has 1 atom stereocenters. The van der Waals surface area contributed by atoms with Crippen LogP contribution in [0.1, 0.15) is 6.30 Å². The van der Waals surface area contributed by atoms with Gasteiger partial charge in [0.05, 0.1) is 0 Å². The Hall–Kier alpha value is -1.05. The Morgan fingerprint density at radius 3 is 2.44 bits per heavy atom. The van der Waals surface area contributed by atoms with Crippen LogP contribution in [0.15, 0.2) is 37.2 Å². The summed E-state index contributed by atoms with van der Waals surface area (Å²) in [5, 5.41) is 0. The van der Waals surface area contributed by atoms with E-state index in [1.165, 1.54) is 10.6 Å². The number of nitrogens with zero attached hydrogens (tertiary/aromatic N) is 1. The van der Waals surface area contributed by atoms with Crippen LogP contribution in [0, 0.1) is 0 Å². The van der Waals surface area contributed by atoms with E-state index in [-0.39, 0.29) is 0 Å². The molecule has 1 aromatic rings. The molecule has 0 N–H and O–H groups in total. The Bertz CT molecular complexity index is 179. The highest BCUT2D eigenvalue weighted by Gasteiger charge is 1.97. The molecule has 0 bridgehead atoms. The standard InChI is InChI=1S/C7H8FN/c1-2-7(8)9-5-3-4-6-9/h2-7H,1H2. The summed E-state index contributed by atoms with van der Waals surface area (Å²) in [6.07, 6.45) is 3.48. The lowest BCUT2D eigenvalue weighted by Crippen LogP contribution is -1.94. The van der Waals surface area contributed by atoms with E-state index in [0.29, 0.717) is 0 Å². The van der Waals surface area contributed by atoms with Crippen LogP contribution in [-0.2, 0) is 0 Å². The summed E-state index contributed by atoms with van der Waals surface area (Å²) >= 11 is 0. The molecule has 9 heavy (non-hydrogen) atoms. The van der Waals surface area contributed by atoms with Gasteiger partial charge >= 0.3 is 0 Å². The van der Waals surface area contributed by atoms with Crippen molar-refractivity contribution in [2.24, 2.45) is 0 Å². The van der Waals surface area contributed by atoms with Gasteiger partial charge in [-0.25, -0.2) is 4.39 Å². The lowest BCUT2D eigenvalue weighted by Gasteiger charge is -2.01. The number of allylic oxidation sites excluding steroid dienone is 1. The first-order valence-corrected chi connectivity index (χ1v) is 2.73. The largest absolute Gasteiger partial charge is 0.321 e. The monoisotopic (exact) mass is 125 g/mol. The van der Waals surface area contributed by atoms with Crippen LogP contribution in [0.3, 0.4) is 0 Å². The van der Waals surface area contributed by atoms with E-state index in [9.17, 15) is 4.39 Å². The Morgan fingerprint density at radius 2 is 2.00 bits per heavy atom. The van der Waals surface area contributed by atoms with E-state index in [1.54, 1.807) is 24.5 Å². The van der Waals surface area contributed by atoms with Crippen LogP contribution < -0.4 is 0 Å². The first-order valence-electron chi connectivity index (χ1n) is 2.73. The van der Waals surface area contributed by atoms with Gasteiger partial charge in [-0.3, -0.25) is 0 Å². The third kappa shape index (κ3) is 1.19. The molecule has 1 aromatic heterocycles. The molecule has 0 fully saturated rings. The second kappa shape index (κ2) is 2.49. The van der Waals surface area contributed by atoms with Crippen molar-refractivity contribution in [1.82, 2.24) is 4.57 Å². The fourth-order valence-electron chi connectivity index (χ4n) is 0.634. The Kier molecular flexibility index (Phi) is 1.68. The molecule has 1 rings (SSSR count). The minimum absolute atomic E-state index is 1.08. The normalized spacial score (nSPS) is 13.0. The third-order valence-electron chi connectivity index (χ3n) is 1.11. The van der Waals surface area contributed by atoms with E-state index < -0.39 is 6.30 Å². The Labute approximate surface area is 53.4 Å². The van der Waals surface area contributed by atoms with Crippen LogP contribution in [0.25, 0.3) is 0 Å². The summed E-state index contributed by atoms with van der Waals surface area (Å²) < 4.78 is 14.0. The van der Waals surface area contributed by atoms with Crippen molar-refractivity contribution in [2.45, 2.75) is 6.30 Å². The smallest absolute Gasteiger partial charge is 0.194 e. The van der Waals surface area contributed by atoms with Gasteiger partial charge in [-0.15, -0.1) is 0 Å². The summed E-state index contributed by atoms with van der Waals surface area (Å²) in [6.45, 7) is 3.32. The molecule has 48 valence electrons. The summed E-state index contributed by atoms with van der Waals surface area (Å²) in [5.41, 5.74) is 0. The maximum Gasteiger partial charge on any atom is 0.194 e. The fraction of sp³-hybridized carbons (Fsp3) is 0.143. The minimum Gasteiger partial charge on any atom is -0.321 e. The molecule has 0 saturated heterocycles. The highest BCUT2D eigenvalue weighted by atomic mass is 19.1. The lowest BCUT2D eigenvalue weighted by atomic mass is 10.6. The molecular weight excluding hydrogens is 117 g/mol. The van der Waals surface area contributed by atoms with Gasteiger partial charge in [0, 0.05) is 12.4 Å². The average molecular weight is 125 g/mol. The van der Waals surface area contributed by atoms with Crippen molar-refractivity contribution in [3.63, 3.8) is 0 Å². The van der Waals surface area contributed by atoms with E-state index in [1.807, 2.05) is 0 Å². The van der Waals surface area contributed by atoms with E-state index in [0.717, 1.165) is 0 Å². The van der Waals surface area contributed by atoms with Crippen molar-refractivity contribution in [1.29, 1.82) is 0 Å². The van der Waals surface area contributed by atoms with E-state index >= 15 is 0 Å². The zero-order valence-electron chi connectivity index (χ0n) is 5.00. The fourth-order valence-corrected chi connectivity index (χ4v) is 0.634. The molecule has 0 aliphatic heterocycles. The molecular formula is C7H8FN. The van der Waals surface area contributed by atoms with Crippen LogP contribution in [0.4, 0.5) is 4.39 Å². The first kappa shape index (κ1) is 6.08. The van der Waals surface area contributed by atoms with Gasteiger partial charge in [-0.2, -0.15) is 0 Å².